The quantitative estimate of drug-likeness (QED) is 0.141. The number of aromatic nitrogens is 6. The SMILES string of the molecule is c1ccc(-c2nc(-c3ccccc3)nc(-c3ccc(-c4ccc5c(ccc6ccc7c8ccccc8ccc7c65)c4)cc3)n2)cc1.c1ccc(-c2nc(-c3ccccc3)nc(-c3cccc(-c4ccc5c(ccc6ccc7c8ccccc8ccc7c65)c4)c3)n2)cc1. The highest BCUT2D eigenvalue weighted by Gasteiger charge is 2.17. The van der Waals surface area contributed by atoms with E-state index in [1.807, 2.05) is 121 Å². The molecule has 0 saturated heterocycles. The first-order valence-corrected chi connectivity index (χ1v) is 31.1. The lowest BCUT2D eigenvalue weighted by atomic mass is 9.92. The van der Waals surface area contributed by atoms with Gasteiger partial charge in [-0.15, -0.1) is 0 Å². The summed E-state index contributed by atoms with van der Waals surface area (Å²) < 4.78 is 0. The van der Waals surface area contributed by atoms with E-state index in [2.05, 4.69) is 206 Å². The summed E-state index contributed by atoms with van der Waals surface area (Å²) in [6, 6.07) is 115. The van der Waals surface area contributed by atoms with E-state index in [9.17, 15) is 0 Å². The zero-order valence-electron chi connectivity index (χ0n) is 49.9. The van der Waals surface area contributed by atoms with Crippen molar-refractivity contribution >= 4 is 86.2 Å². The molecule has 0 N–H and O–H groups in total. The van der Waals surface area contributed by atoms with Gasteiger partial charge >= 0.3 is 0 Å². The summed E-state index contributed by atoms with van der Waals surface area (Å²) in [5.41, 5.74) is 10.3. The van der Waals surface area contributed by atoms with Gasteiger partial charge in [-0.25, -0.2) is 29.9 Å². The normalized spacial score (nSPS) is 11.5. The van der Waals surface area contributed by atoms with Crippen LogP contribution in [0.5, 0.6) is 0 Å². The zero-order chi connectivity index (χ0) is 60.9. The first kappa shape index (κ1) is 53.8. The highest BCUT2D eigenvalue weighted by molar-refractivity contribution is 6.26. The minimum absolute atomic E-state index is 0.653. The minimum Gasteiger partial charge on any atom is -0.208 e. The van der Waals surface area contributed by atoms with Gasteiger partial charge in [0, 0.05) is 33.4 Å². The Labute approximate surface area is 531 Å². The van der Waals surface area contributed by atoms with E-state index in [4.69, 9.17) is 29.9 Å². The van der Waals surface area contributed by atoms with Crippen LogP contribution >= 0.6 is 0 Å². The highest BCUT2D eigenvalue weighted by atomic mass is 15.0. The summed E-state index contributed by atoms with van der Waals surface area (Å²) in [6.45, 7) is 0. The van der Waals surface area contributed by atoms with Crippen molar-refractivity contribution in [3.63, 3.8) is 0 Å². The average Bonchev–Trinajstić information content (AvgIpc) is 0.793. The predicted octanol–water partition coefficient (Wildman–Crippen LogP) is 22.3. The number of benzene rings is 16. The topological polar surface area (TPSA) is 77.3 Å². The summed E-state index contributed by atoms with van der Waals surface area (Å²) >= 11 is 0. The van der Waals surface area contributed by atoms with Crippen LogP contribution in [-0.2, 0) is 0 Å². The molecule has 2 heterocycles. The molecule has 6 nitrogen and oxygen atoms in total. The molecule has 0 atom stereocenters. The maximum Gasteiger partial charge on any atom is 0.164 e. The van der Waals surface area contributed by atoms with E-state index in [0.717, 1.165) is 50.1 Å². The fourth-order valence-corrected chi connectivity index (χ4v) is 13.2. The Morgan fingerprint density at radius 1 is 0.130 bits per heavy atom. The Morgan fingerprint density at radius 2 is 0.402 bits per heavy atom. The highest BCUT2D eigenvalue weighted by Crippen LogP contribution is 2.40. The van der Waals surface area contributed by atoms with Crippen LogP contribution in [0.15, 0.2) is 328 Å². The van der Waals surface area contributed by atoms with Crippen molar-refractivity contribution in [3.05, 3.63) is 328 Å². The van der Waals surface area contributed by atoms with Crippen LogP contribution in [0, 0.1) is 0 Å². The van der Waals surface area contributed by atoms with Crippen LogP contribution in [0.1, 0.15) is 0 Å². The van der Waals surface area contributed by atoms with E-state index in [0.29, 0.717) is 34.9 Å². The van der Waals surface area contributed by atoms with Gasteiger partial charge in [0.05, 0.1) is 0 Å². The second-order valence-corrected chi connectivity index (χ2v) is 23.3. The van der Waals surface area contributed by atoms with Gasteiger partial charge in [0.1, 0.15) is 0 Å². The maximum absolute atomic E-state index is 4.95. The van der Waals surface area contributed by atoms with Crippen LogP contribution in [0.2, 0.25) is 0 Å². The third-order valence-electron chi connectivity index (χ3n) is 17.8. The largest absolute Gasteiger partial charge is 0.208 e. The summed E-state index contributed by atoms with van der Waals surface area (Å²) in [7, 11) is 0. The molecule has 0 aliphatic heterocycles. The summed E-state index contributed by atoms with van der Waals surface area (Å²) in [4.78, 5) is 29.4. The molecule has 16 aromatic carbocycles. The Balaban J connectivity index is 0.000000141. The molecule has 92 heavy (non-hydrogen) atoms. The minimum atomic E-state index is 0.653. The molecule has 0 saturated carbocycles. The van der Waals surface area contributed by atoms with E-state index in [1.54, 1.807) is 0 Å². The third-order valence-corrected chi connectivity index (χ3v) is 17.8. The van der Waals surface area contributed by atoms with Crippen molar-refractivity contribution < 1.29 is 0 Å². The third kappa shape index (κ3) is 9.99. The molecule has 0 amide bonds. The van der Waals surface area contributed by atoms with Crippen molar-refractivity contribution in [2.45, 2.75) is 0 Å². The van der Waals surface area contributed by atoms with Crippen molar-refractivity contribution in [3.8, 4) is 90.6 Å². The van der Waals surface area contributed by atoms with E-state index < -0.39 is 0 Å². The number of fused-ring (bicyclic) bond motifs is 14. The van der Waals surface area contributed by atoms with Crippen molar-refractivity contribution in [1.29, 1.82) is 0 Å². The van der Waals surface area contributed by atoms with Crippen LogP contribution in [0.25, 0.3) is 177 Å². The van der Waals surface area contributed by atoms with Crippen LogP contribution in [-0.4, -0.2) is 29.9 Å². The molecule has 0 unspecified atom stereocenters. The first-order chi connectivity index (χ1) is 45.6. The fraction of sp³-hybridized carbons (Fsp3) is 0. The van der Waals surface area contributed by atoms with E-state index in [-0.39, 0.29) is 0 Å². The lowest BCUT2D eigenvalue weighted by molar-refractivity contribution is 1.07. The molecule has 0 aliphatic rings. The number of rotatable bonds is 8. The van der Waals surface area contributed by atoms with Crippen LogP contribution in [0.3, 0.4) is 0 Å². The molecule has 0 fully saturated rings. The fourth-order valence-electron chi connectivity index (χ4n) is 13.2. The van der Waals surface area contributed by atoms with Crippen molar-refractivity contribution in [2.75, 3.05) is 0 Å². The van der Waals surface area contributed by atoms with Gasteiger partial charge in [0.15, 0.2) is 34.9 Å². The Kier molecular flexibility index (Phi) is 13.4. The lowest BCUT2D eigenvalue weighted by Crippen LogP contribution is -2.00. The van der Waals surface area contributed by atoms with E-state index >= 15 is 0 Å². The monoisotopic (exact) mass is 1170 g/mol. The number of hydrogen-bond acceptors (Lipinski definition) is 6. The molecule has 0 aliphatic carbocycles. The van der Waals surface area contributed by atoms with Crippen molar-refractivity contribution in [1.82, 2.24) is 29.9 Å². The number of nitrogens with zero attached hydrogens (tertiary/aromatic N) is 6. The molecule has 18 aromatic rings. The van der Waals surface area contributed by atoms with Crippen LogP contribution < -0.4 is 0 Å². The molecule has 0 bridgehead atoms. The Hall–Kier alpha value is -12.4. The van der Waals surface area contributed by atoms with Gasteiger partial charge in [0.25, 0.3) is 0 Å². The molecular weight excluding hydrogens is 1120 g/mol. The molecule has 428 valence electrons. The van der Waals surface area contributed by atoms with Gasteiger partial charge in [-0.1, -0.05) is 309 Å². The zero-order valence-corrected chi connectivity index (χ0v) is 49.9. The summed E-state index contributed by atoms with van der Waals surface area (Å²) in [5.74, 6) is 3.95. The molecule has 18 rings (SSSR count). The van der Waals surface area contributed by atoms with Crippen LogP contribution in [0.4, 0.5) is 0 Å². The molecule has 2 aromatic heterocycles. The van der Waals surface area contributed by atoms with Gasteiger partial charge in [-0.2, -0.15) is 0 Å². The smallest absolute Gasteiger partial charge is 0.164 e. The van der Waals surface area contributed by atoms with E-state index in [1.165, 1.54) is 91.7 Å². The Morgan fingerprint density at radius 3 is 0.837 bits per heavy atom. The molecular formula is C86H54N6. The standard InChI is InChI=1S/2C43H27N3/c1-3-11-30(12-4-1)41-44-42(31-13-5-2-6-14-31)46-43(45-41)35-16-9-15-32(27-35)33-22-23-37-34(26-33)19-18-29-21-24-38-36-17-8-7-10-28(36)20-25-39(38)40(29)37;1-3-10-31(11-4-1)41-44-42(32-12-5-2-6-13-32)46-43(45-41)33-18-15-28(16-19-33)34-23-24-37-35(27-34)20-17-30-22-25-38-36-14-8-7-9-29(36)21-26-39(38)40(30)37/h2*1-27H. The Bertz CT molecular complexity index is 5740. The molecule has 0 radical (unpaired) electrons. The van der Waals surface area contributed by atoms with Gasteiger partial charge in [0.2, 0.25) is 0 Å². The first-order valence-electron chi connectivity index (χ1n) is 31.1. The van der Waals surface area contributed by atoms with Gasteiger partial charge < -0.3 is 0 Å². The predicted molar refractivity (Wildman–Crippen MR) is 383 cm³/mol. The molecule has 0 spiro atoms. The summed E-state index contributed by atoms with van der Waals surface area (Å²) in [5, 5.41) is 20.4. The van der Waals surface area contributed by atoms with Crippen molar-refractivity contribution in [2.24, 2.45) is 0 Å². The maximum atomic E-state index is 4.95. The second kappa shape index (κ2) is 23.0. The summed E-state index contributed by atoms with van der Waals surface area (Å²) in [6.07, 6.45) is 0. The van der Waals surface area contributed by atoms with Gasteiger partial charge in [-0.05, 0) is 127 Å². The van der Waals surface area contributed by atoms with Gasteiger partial charge in [-0.3, -0.25) is 0 Å². The molecule has 6 heteroatoms. The lowest BCUT2D eigenvalue weighted by Gasteiger charge is -2.12. The number of hydrogen-bond donors (Lipinski definition) is 0. The average molecular weight is 1170 g/mol. The second-order valence-electron chi connectivity index (χ2n) is 23.3.